The molecule has 21 heavy (non-hydrogen) atoms. The number of carbonyl (C=O) groups excluding carboxylic acids is 2. The number of esters is 1. The predicted octanol–water partition coefficient (Wildman–Crippen LogP) is -0.302. The summed E-state index contributed by atoms with van der Waals surface area (Å²) < 4.78 is 31.9. The number of ether oxygens (including phenoxy) is 1. The molecule has 0 aromatic carbocycles. The van der Waals surface area contributed by atoms with Gasteiger partial charge >= 0.3 is 5.97 Å². The van der Waals surface area contributed by atoms with Crippen LogP contribution in [0.5, 0.6) is 0 Å². The Balaban J connectivity index is 3.04. The van der Waals surface area contributed by atoms with Crippen LogP contribution < -0.4 is 5.73 Å². The Hall–Kier alpha value is -1.87. The molecule has 1 heterocycles. The van der Waals surface area contributed by atoms with Crippen LogP contribution in [0.4, 0.5) is 0 Å². The van der Waals surface area contributed by atoms with E-state index in [1.165, 1.54) is 31.0 Å². The van der Waals surface area contributed by atoms with Gasteiger partial charge in [0.2, 0.25) is 10.0 Å². The summed E-state index contributed by atoms with van der Waals surface area (Å²) in [6.45, 7) is 1.86. The first kappa shape index (κ1) is 17.2. The minimum absolute atomic E-state index is 0.00626. The molecule has 1 rings (SSSR count). The van der Waals surface area contributed by atoms with E-state index in [1.54, 1.807) is 6.92 Å². The number of amides is 1. The molecule has 0 aliphatic heterocycles. The number of methoxy groups -OCH3 is 1. The summed E-state index contributed by atoms with van der Waals surface area (Å²) in [6, 6.07) is 1.22. The van der Waals surface area contributed by atoms with Gasteiger partial charge in [-0.2, -0.15) is 4.31 Å². The molecule has 0 spiro atoms. The van der Waals surface area contributed by atoms with Crippen LogP contribution in [0.3, 0.4) is 0 Å². The lowest BCUT2D eigenvalue weighted by atomic mass is 10.4. The van der Waals surface area contributed by atoms with Gasteiger partial charge < -0.3 is 15.0 Å². The molecule has 0 aliphatic rings. The minimum Gasteiger partial charge on any atom is -0.469 e. The highest BCUT2D eigenvalue weighted by Gasteiger charge is 2.26. The van der Waals surface area contributed by atoms with Gasteiger partial charge in [0, 0.05) is 26.3 Å². The third-order valence-electron chi connectivity index (χ3n) is 3.02. The zero-order valence-electron chi connectivity index (χ0n) is 12.2. The van der Waals surface area contributed by atoms with Crippen molar-refractivity contribution < 1.29 is 22.7 Å². The molecule has 0 radical (unpaired) electrons. The number of nitrogens with two attached hydrogens (primary N) is 1. The summed E-state index contributed by atoms with van der Waals surface area (Å²) >= 11 is 0. The first-order valence-corrected chi connectivity index (χ1v) is 7.71. The number of nitrogens with zero attached hydrogens (tertiary/aromatic N) is 2. The van der Waals surface area contributed by atoms with Gasteiger partial charge in [0.1, 0.15) is 10.6 Å². The molecule has 0 unspecified atom stereocenters. The van der Waals surface area contributed by atoms with E-state index >= 15 is 0 Å². The number of rotatable bonds is 7. The van der Waals surface area contributed by atoms with Crippen molar-refractivity contribution in [2.75, 3.05) is 20.2 Å². The smallest absolute Gasteiger partial charge is 0.306 e. The van der Waals surface area contributed by atoms with E-state index < -0.39 is 21.9 Å². The van der Waals surface area contributed by atoms with Gasteiger partial charge in [0.05, 0.1) is 13.5 Å². The van der Waals surface area contributed by atoms with E-state index in [-0.39, 0.29) is 30.1 Å². The Kier molecular flexibility index (Phi) is 5.50. The Morgan fingerprint density at radius 1 is 1.43 bits per heavy atom. The third kappa shape index (κ3) is 3.82. The summed E-state index contributed by atoms with van der Waals surface area (Å²) in [6.07, 6.45) is 1.27. The first-order chi connectivity index (χ1) is 9.73. The number of carbonyl (C=O) groups is 2. The van der Waals surface area contributed by atoms with Gasteiger partial charge in [0.25, 0.3) is 5.91 Å². The number of aryl methyl sites for hydroxylation is 1. The lowest BCUT2D eigenvalue weighted by Gasteiger charge is -2.18. The zero-order chi connectivity index (χ0) is 16.2. The van der Waals surface area contributed by atoms with Gasteiger partial charge in [-0.1, -0.05) is 6.92 Å². The number of sulfonamides is 1. The van der Waals surface area contributed by atoms with Gasteiger partial charge in [-0.25, -0.2) is 8.42 Å². The maximum Gasteiger partial charge on any atom is 0.306 e. The second-order valence-electron chi connectivity index (χ2n) is 4.36. The summed E-state index contributed by atoms with van der Waals surface area (Å²) in [5, 5.41) is 0. The largest absolute Gasteiger partial charge is 0.469 e. The molecule has 0 aliphatic carbocycles. The summed E-state index contributed by atoms with van der Waals surface area (Å²) in [5.74, 6) is -1.20. The molecule has 1 aromatic heterocycles. The third-order valence-corrected chi connectivity index (χ3v) is 4.96. The lowest BCUT2D eigenvalue weighted by Crippen LogP contribution is -2.32. The van der Waals surface area contributed by atoms with Crippen LogP contribution in [0.2, 0.25) is 0 Å². The van der Waals surface area contributed by atoms with E-state index in [4.69, 9.17) is 5.73 Å². The Bertz CT molecular complexity index is 635. The molecule has 0 saturated heterocycles. The van der Waals surface area contributed by atoms with E-state index in [9.17, 15) is 18.0 Å². The average molecular weight is 317 g/mol. The van der Waals surface area contributed by atoms with Crippen molar-refractivity contribution in [2.45, 2.75) is 18.2 Å². The first-order valence-electron chi connectivity index (χ1n) is 6.27. The number of primary amides is 1. The molecule has 0 fully saturated rings. The van der Waals surface area contributed by atoms with Crippen molar-refractivity contribution in [3.8, 4) is 0 Å². The van der Waals surface area contributed by atoms with Crippen LogP contribution in [0.25, 0.3) is 0 Å². The summed E-state index contributed by atoms with van der Waals surface area (Å²) in [7, 11) is -1.02. The average Bonchev–Trinajstić information content (AvgIpc) is 2.81. The molecular weight excluding hydrogens is 298 g/mol. The fraction of sp³-hybridized carbons (Fsp3) is 0.500. The lowest BCUT2D eigenvalue weighted by molar-refractivity contribution is -0.140. The van der Waals surface area contributed by atoms with Crippen LogP contribution >= 0.6 is 0 Å². The van der Waals surface area contributed by atoms with Gasteiger partial charge in [-0.05, 0) is 6.07 Å². The van der Waals surface area contributed by atoms with Gasteiger partial charge in [-0.3, -0.25) is 9.59 Å². The van der Waals surface area contributed by atoms with E-state index in [2.05, 4.69) is 4.74 Å². The van der Waals surface area contributed by atoms with Crippen molar-refractivity contribution in [3.63, 3.8) is 0 Å². The van der Waals surface area contributed by atoms with E-state index in [0.29, 0.717) is 0 Å². The van der Waals surface area contributed by atoms with Crippen LogP contribution in [0.15, 0.2) is 17.2 Å². The van der Waals surface area contributed by atoms with Crippen molar-refractivity contribution in [3.05, 3.63) is 18.0 Å². The molecule has 2 N–H and O–H groups in total. The van der Waals surface area contributed by atoms with Crippen LogP contribution in [0.1, 0.15) is 23.8 Å². The van der Waals surface area contributed by atoms with Crippen molar-refractivity contribution >= 4 is 21.9 Å². The van der Waals surface area contributed by atoms with Gasteiger partial charge in [-0.15, -0.1) is 0 Å². The second kappa shape index (κ2) is 6.72. The molecule has 0 bridgehead atoms. The Labute approximate surface area is 123 Å². The number of aromatic nitrogens is 1. The molecule has 8 nitrogen and oxygen atoms in total. The molecule has 1 amide bonds. The highest BCUT2D eigenvalue weighted by Crippen LogP contribution is 2.18. The fourth-order valence-electron chi connectivity index (χ4n) is 1.84. The highest BCUT2D eigenvalue weighted by atomic mass is 32.2. The molecular formula is C12H19N3O5S. The zero-order valence-corrected chi connectivity index (χ0v) is 13.0. The molecule has 1 aromatic rings. The molecule has 0 saturated carbocycles. The summed E-state index contributed by atoms with van der Waals surface area (Å²) in [5.41, 5.74) is 5.26. The maximum absolute atomic E-state index is 12.5. The normalized spacial score (nSPS) is 11.6. The maximum atomic E-state index is 12.5. The number of hydrogen-bond acceptors (Lipinski definition) is 5. The minimum atomic E-state index is -3.79. The van der Waals surface area contributed by atoms with Crippen LogP contribution in [0, 0.1) is 0 Å². The predicted molar refractivity (Wildman–Crippen MR) is 75.0 cm³/mol. The molecule has 118 valence electrons. The second-order valence-corrected chi connectivity index (χ2v) is 6.30. The monoisotopic (exact) mass is 317 g/mol. The Morgan fingerprint density at radius 2 is 2.05 bits per heavy atom. The van der Waals surface area contributed by atoms with Crippen molar-refractivity contribution in [2.24, 2.45) is 12.8 Å². The quantitative estimate of drug-likeness (QED) is 0.694. The van der Waals surface area contributed by atoms with Crippen LogP contribution in [-0.2, 0) is 26.6 Å². The van der Waals surface area contributed by atoms with E-state index in [0.717, 1.165) is 4.31 Å². The fourth-order valence-corrected chi connectivity index (χ4v) is 3.36. The van der Waals surface area contributed by atoms with Crippen molar-refractivity contribution in [1.82, 2.24) is 8.87 Å². The Morgan fingerprint density at radius 3 is 2.48 bits per heavy atom. The van der Waals surface area contributed by atoms with E-state index in [1.807, 2.05) is 0 Å². The van der Waals surface area contributed by atoms with Gasteiger partial charge in [0.15, 0.2) is 0 Å². The highest BCUT2D eigenvalue weighted by molar-refractivity contribution is 7.89. The van der Waals surface area contributed by atoms with Crippen molar-refractivity contribution in [1.29, 1.82) is 0 Å². The SMILES string of the molecule is CCN(CCC(=O)OC)S(=O)(=O)c1cc(C(N)=O)n(C)c1. The van der Waals surface area contributed by atoms with Crippen LogP contribution in [-0.4, -0.2) is 49.4 Å². The summed E-state index contributed by atoms with van der Waals surface area (Å²) in [4.78, 5) is 22.3. The standard InChI is InChI=1S/C12H19N3O5S/c1-4-15(6-5-11(16)20-3)21(18,19)9-7-10(12(13)17)14(2)8-9/h7-8H,4-6H2,1-3H3,(H2,13,17). The topological polar surface area (TPSA) is 112 Å². The number of hydrogen-bond donors (Lipinski definition) is 1. The molecule has 0 atom stereocenters. The molecule has 9 heteroatoms.